The first-order valence-corrected chi connectivity index (χ1v) is 9.60. The maximum Gasteiger partial charge on any atom is 0.146 e. The SMILES string of the molecule is Cc1cc(C2CNC2)cc2c1OCc1c(C3CCOCC3)ccnc1N2. The Morgan fingerprint density at radius 2 is 1.96 bits per heavy atom. The van der Waals surface area contributed by atoms with Gasteiger partial charge in [-0.15, -0.1) is 0 Å². The highest BCUT2D eigenvalue weighted by molar-refractivity contribution is 5.71. The number of ether oxygens (including phenoxy) is 2. The standard InChI is InChI=1S/C21H25N3O2/c1-13-8-15(16-10-22-11-16)9-19-20(13)26-12-18-17(2-5-23-21(18)24-19)14-3-6-25-7-4-14/h2,5,8-9,14,16,22H,3-4,6-7,10-12H2,1H3,(H,23,24). The normalized spacial score (nSPS) is 20.2. The van der Waals surface area contributed by atoms with Crippen LogP contribution in [0.25, 0.3) is 0 Å². The number of rotatable bonds is 2. The van der Waals surface area contributed by atoms with E-state index in [1.54, 1.807) is 0 Å². The average molecular weight is 351 g/mol. The Labute approximate surface area is 154 Å². The number of benzene rings is 1. The van der Waals surface area contributed by atoms with Crippen molar-refractivity contribution in [3.8, 4) is 5.75 Å². The van der Waals surface area contributed by atoms with E-state index in [1.165, 1.54) is 22.3 Å². The lowest BCUT2D eigenvalue weighted by Crippen LogP contribution is -2.39. The van der Waals surface area contributed by atoms with E-state index in [0.29, 0.717) is 18.4 Å². The van der Waals surface area contributed by atoms with Gasteiger partial charge in [0.25, 0.3) is 0 Å². The Morgan fingerprint density at radius 3 is 2.73 bits per heavy atom. The summed E-state index contributed by atoms with van der Waals surface area (Å²) in [7, 11) is 0. The molecule has 5 rings (SSSR count). The third-order valence-electron chi connectivity index (χ3n) is 5.92. The molecule has 2 saturated heterocycles. The van der Waals surface area contributed by atoms with E-state index in [9.17, 15) is 0 Å². The van der Waals surface area contributed by atoms with E-state index in [4.69, 9.17) is 9.47 Å². The Bertz CT molecular complexity index is 826. The fraction of sp³-hybridized carbons (Fsp3) is 0.476. The zero-order chi connectivity index (χ0) is 17.5. The Morgan fingerprint density at radius 1 is 1.12 bits per heavy atom. The minimum absolute atomic E-state index is 0.532. The lowest BCUT2D eigenvalue weighted by Gasteiger charge is -2.28. The van der Waals surface area contributed by atoms with E-state index in [2.05, 4.69) is 40.7 Å². The molecule has 0 amide bonds. The maximum absolute atomic E-state index is 6.27. The molecule has 0 bridgehead atoms. The van der Waals surface area contributed by atoms with E-state index >= 15 is 0 Å². The van der Waals surface area contributed by atoms with Crippen LogP contribution in [0, 0.1) is 6.92 Å². The van der Waals surface area contributed by atoms with Gasteiger partial charge in [-0.1, -0.05) is 6.07 Å². The highest BCUT2D eigenvalue weighted by Crippen LogP contribution is 2.41. The number of fused-ring (bicyclic) bond motifs is 2. The second kappa shape index (κ2) is 6.56. The molecule has 0 aliphatic carbocycles. The molecule has 0 spiro atoms. The quantitative estimate of drug-likeness (QED) is 0.866. The monoisotopic (exact) mass is 351 g/mol. The summed E-state index contributed by atoms with van der Waals surface area (Å²) in [6.07, 6.45) is 4.07. The molecule has 0 radical (unpaired) electrons. The lowest BCUT2D eigenvalue weighted by atomic mass is 9.89. The zero-order valence-corrected chi connectivity index (χ0v) is 15.2. The van der Waals surface area contributed by atoms with E-state index in [-0.39, 0.29) is 0 Å². The predicted molar refractivity (Wildman–Crippen MR) is 101 cm³/mol. The summed E-state index contributed by atoms with van der Waals surface area (Å²) in [5.41, 5.74) is 6.17. The highest BCUT2D eigenvalue weighted by Gasteiger charge is 2.26. The second-order valence-electron chi connectivity index (χ2n) is 7.60. The molecule has 4 heterocycles. The Balaban J connectivity index is 1.52. The Kier molecular flexibility index (Phi) is 4.06. The number of pyridine rings is 1. The van der Waals surface area contributed by atoms with Crippen LogP contribution in [0.3, 0.4) is 0 Å². The molecule has 2 aromatic rings. The summed E-state index contributed by atoms with van der Waals surface area (Å²) in [5.74, 6) is 3.03. The van der Waals surface area contributed by atoms with Gasteiger partial charge in [0.05, 0.1) is 5.69 Å². The van der Waals surface area contributed by atoms with Gasteiger partial charge >= 0.3 is 0 Å². The molecular formula is C21H25N3O2. The van der Waals surface area contributed by atoms with Gasteiger partial charge in [0.1, 0.15) is 18.2 Å². The van der Waals surface area contributed by atoms with Crippen molar-refractivity contribution in [3.05, 3.63) is 46.6 Å². The van der Waals surface area contributed by atoms with Crippen LogP contribution in [0.4, 0.5) is 11.5 Å². The summed E-state index contributed by atoms with van der Waals surface area (Å²) in [6, 6.07) is 6.68. The molecule has 0 saturated carbocycles. The molecule has 0 atom stereocenters. The van der Waals surface area contributed by atoms with Crippen molar-refractivity contribution < 1.29 is 9.47 Å². The van der Waals surface area contributed by atoms with Crippen molar-refractivity contribution in [3.63, 3.8) is 0 Å². The van der Waals surface area contributed by atoms with Crippen LogP contribution in [-0.2, 0) is 11.3 Å². The summed E-state index contributed by atoms with van der Waals surface area (Å²) in [6.45, 7) is 6.51. The smallest absolute Gasteiger partial charge is 0.146 e. The molecule has 1 aromatic heterocycles. The van der Waals surface area contributed by atoms with Crippen LogP contribution in [-0.4, -0.2) is 31.3 Å². The van der Waals surface area contributed by atoms with Crippen molar-refractivity contribution in [2.75, 3.05) is 31.6 Å². The van der Waals surface area contributed by atoms with Crippen LogP contribution < -0.4 is 15.4 Å². The molecule has 136 valence electrons. The van der Waals surface area contributed by atoms with Gasteiger partial charge in [0.15, 0.2) is 0 Å². The maximum atomic E-state index is 6.27. The molecule has 2 fully saturated rings. The molecule has 5 heteroatoms. The summed E-state index contributed by atoms with van der Waals surface area (Å²) in [4.78, 5) is 4.64. The number of hydrogen-bond acceptors (Lipinski definition) is 5. The highest BCUT2D eigenvalue weighted by atomic mass is 16.5. The van der Waals surface area contributed by atoms with Gasteiger partial charge in [-0.25, -0.2) is 4.98 Å². The fourth-order valence-corrected chi connectivity index (χ4v) is 4.28. The zero-order valence-electron chi connectivity index (χ0n) is 15.2. The average Bonchev–Trinajstić information content (AvgIpc) is 2.80. The van der Waals surface area contributed by atoms with Gasteiger partial charge in [-0.3, -0.25) is 0 Å². The first-order valence-electron chi connectivity index (χ1n) is 9.60. The fourth-order valence-electron chi connectivity index (χ4n) is 4.28. The van der Waals surface area contributed by atoms with Crippen molar-refractivity contribution in [1.82, 2.24) is 10.3 Å². The van der Waals surface area contributed by atoms with Crippen LogP contribution in [0.15, 0.2) is 24.4 Å². The predicted octanol–water partition coefficient (Wildman–Crippen LogP) is 3.61. The van der Waals surface area contributed by atoms with E-state index < -0.39 is 0 Å². The number of aromatic nitrogens is 1. The van der Waals surface area contributed by atoms with Crippen molar-refractivity contribution in [2.24, 2.45) is 0 Å². The second-order valence-corrected chi connectivity index (χ2v) is 7.60. The molecular weight excluding hydrogens is 326 g/mol. The largest absolute Gasteiger partial charge is 0.486 e. The van der Waals surface area contributed by atoms with Gasteiger partial charge in [-0.05, 0) is 54.5 Å². The van der Waals surface area contributed by atoms with Crippen LogP contribution >= 0.6 is 0 Å². The minimum atomic E-state index is 0.532. The minimum Gasteiger partial charge on any atom is -0.486 e. The van der Waals surface area contributed by atoms with Crippen LogP contribution in [0.1, 0.15) is 46.9 Å². The van der Waals surface area contributed by atoms with Crippen molar-refractivity contribution in [2.45, 2.75) is 38.2 Å². The first kappa shape index (κ1) is 16.1. The number of anilines is 2. The van der Waals surface area contributed by atoms with Gasteiger partial charge < -0.3 is 20.1 Å². The summed E-state index contributed by atoms with van der Waals surface area (Å²) < 4.78 is 11.8. The number of hydrogen-bond donors (Lipinski definition) is 2. The third kappa shape index (κ3) is 2.75. The molecule has 3 aliphatic heterocycles. The topological polar surface area (TPSA) is 55.4 Å². The number of nitrogens with one attached hydrogen (secondary N) is 2. The molecule has 26 heavy (non-hydrogen) atoms. The molecule has 2 N–H and O–H groups in total. The van der Waals surface area contributed by atoms with Crippen LogP contribution in [0.5, 0.6) is 5.75 Å². The van der Waals surface area contributed by atoms with Gasteiger partial charge in [-0.2, -0.15) is 0 Å². The Hall–Kier alpha value is -2.11. The molecule has 3 aliphatic rings. The molecule has 5 nitrogen and oxygen atoms in total. The van der Waals surface area contributed by atoms with Gasteiger partial charge in [0.2, 0.25) is 0 Å². The van der Waals surface area contributed by atoms with Crippen molar-refractivity contribution >= 4 is 11.5 Å². The van der Waals surface area contributed by atoms with E-state index in [1.807, 2.05) is 6.20 Å². The van der Waals surface area contributed by atoms with Gasteiger partial charge in [0, 0.05) is 44.0 Å². The van der Waals surface area contributed by atoms with E-state index in [0.717, 1.165) is 56.4 Å². The number of aryl methyl sites for hydroxylation is 1. The van der Waals surface area contributed by atoms with Crippen LogP contribution in [0.2, 0.25) is 0 Å². The molecule has 1 aromatic carbocycles. The van der Waals surface area contributed by atoms with Crippen molar-refractivity contribution in [1.29, 1.82) is 0 Å². The lowest BCUT2D eigenvalue weighted by molar-refractivity contribution is 0.0849. The summed E-state index contributed by atoms with van der Waals surface area (Å²) in [5, 5.41) is 6.94. The summed E-state index contributed by atoms with van der Waals surface area (Å²) >= 11 is 0. The first-order chi connectivity index (χ1) is 12.8. The number of nitrogens with zero attached hydrogens (tertiary/aromatic N) is 1. The third-order valence-corrected chi connectivity index (χ3v) is 5.92. The molecule has 0 unspecified atom stereocenters.